The summed E-state index contributed by atoms with van der Waals surface area (Å²) in [5.41, 5.74) is 1.55. The first-order valence-corrected chi connectivity index (χ1v) is 7.94. The number of hydrogen-bond acceptors (Lipinski definition) is 3. The molecule has 0 saturated heterocycles. The van der Waals surface area contributed by atoms with E-state index in [9.17, 15) is 8.42 Å². The molecule has 1 unspecified atom stereocenters. The fraction of sp³-hybridized carbons (Fsp3) is 0.538. The molecule has 0 amide bonds. The van der Waals surface area contributed by atoms with Gasteiger partial charge in [-0.2, -0.15) is 12.7 Å². The number of hydrogen-bond donors (Lipinski definition) is 2. The highest BCUT2D eigenvalue weighted by molar-refractivity contribution is 7.90. The fourth-order valence-electron chi connectivity index (χ4n) is 1.89. The predicted octanol–water partition coefficient (Wildman–Crippen LogP) is 1.97. The Labute approximate surface area is 116 Å². The maximum Gasteiger partial charge on any atom is 0.301 e. The highest BCUT2D eigenvalue weighted by atomic mass is 32.2. The first-order chi connectivity index (χ1) is 8.96. The van der Waals surface area contributed by atoms with Gasteiger partial charge in [-0.3, -0.25) is 4.72 Å². The van der Waals surface area contributed by atoms with Crippen molar-refractivity contribution in [3.05, 3.63) is 29.8 Å². The smallest absolute Gasteiger partial charge is 0.301 e. The van der Waals surface area contributed by atoms with Crippen LogP contribution in [-0.2, 0) is 10.2 Å². The Bertz CT molecular complexity index is 498. The van der Waals surface area contributed by atoms with E-state index in [1.165, 1.54) is 4.31 Å². The molecule has 0 saturated carbocycles. The third kappa shape index (κ3) is 3.92. The van der Waals surface area contributed by atoms with E-state index < -0.39 is 10.2 Å². The number of nitrogens with zero attached hydrogens (tertiary/aromatic N) is 1. The van der Waals surface area contributed by atoms with Crippen LogP contribution in [0.4, 0.5) is 5.69 Å². The topological polar surface area (TPSA) is 61.4 Å². The van der Waals surface area contributed by atoms with Crippen molar-refractivity contribution in [2.24, 2.45) is 0 Å². The Morgan fingerprint density at radius 3 is 2.32 bits per heavy atom. The molecule has 2 N–H and O–H groups in total. The van der Waals surface area contributed by atoms with Gasteiger partial charge in [-0.05, 0) is 25.6 Å². The van der Waals surface area contributed by atoms with Crippen LogP contribution in [0.15, 0.2) is 24.3 Å². The van der Waals surface area contributed by atoms with Crippen LogP contribution < -0.4 is 10.0 Å². The van der Waals surface area contributed by atoms with Crippen molar-refractivity contribution in [3.8, 4) is 0 Å². The molecule has 0 spiro atoms. The van der Waals surface area contributed by atoms with Gasteiger partial charge >= 0.3 is 10.2 Å². The summed E-state index contributed by atoms with van der Waals surface area (Å²) in [7, 11) is -1.64. The molecule has 1 rings (SSSR count). The van der Waals surface area contributed by atoms with E-state index in [4.69, 9.17) is 0 Å². The van der Waals surface area contributed by atoms with Gasteiger partial charge in [0.2, 0.25) is 0 Å². The van der Waals surface area contributed by atoms with Crippen molar-refractivity contribution in [1.29, 1.82) is 0 Å². The zero-order chi connectivity index (χ0) is 14.5. The van der Waals surface area contributed by atoms with Crippen molar-refractivity contribution in [3.63, 3.8) is 0 Å². The normalized spacial score (nSPS) is 13.5. The molecule has 108 valence electrons. The molecular formula is C13H23N3O2S. The Morgan fingerprint density at radius 1 is 1.21 bits per heavy atom. The van der Waals surface area contributed by atoms with E-state index in [1.807, 2.05) is 46.0 Å². The minimum Gasteiger partial charge on any atom is -0.313 e. The SMILES string of the molecule is CCN(CC)S(=O)(=O)Nc1ccccc1C(C)NC. The van der Waals surface area contributed by atoms with Crippen LogP contribution in [-0.4, -0.2) is 32.9 Å². The number of anilines is 1. The molecule has 0 fully saturated rings. The number of benzene rings is 1. The van der Waals surface area contributed by atoms with E-state index in [0.29, 0.717) is 18.8 Å². The Hall–Kier alpha value is -1.11. The van der Waals surface area contributed by atoms with Crippen LogP contribution in [0.1, 0.15) is 32.4 Å². The standard InChI is InChI=1S/C13H23N3O2S/c1-5-16(6-2)19(17,18)15-13-10-8-7-9-12(13)11(3)14-4/h7-11,14-15H,5-6H2,1-4H3. The fourth-order valence-corrected chi connectivity index (χ4v) is 3.16. The van der Waals surface area contributed by atoms with Gasteiger partial charge in [0.25, 0.3) is 0 Å². The molecule has 1 aromatic rings. The second-order valence-electron chi connectivity index (χ2n) is 4.29. The molecule has 6 heteroatoms. The lowest BCUT2D eigenvalue weighted by atomic mass is 10.1. The van der Waals surface area contributed by atoms with Crippen molar-refractivity contribution in [2.45, 2.75) is 26.8 Å². The molecule has 0 aliphatic rings. The Morgan fingerprint density at radius 2 is 1.79 bits per heavy atom. The maximum atomic E-state index is 12.2. The molecular weight excluding hydrogens is 262 g/mol. The van der Waals surface area contributed by atoms with Gasteiger partial charge in [-0.15, -0.1) is 0 Å². The zero-order valence-corrected chi connectivity index (χ0v) is 12.8. The molecule has 1 aromatic carbocycles. The molecule has 19 heavy (non-hydrogen) atoms. The van der Waals surface area contributed by atoms with Gasteiger partial charge in [-0.1, -0.05) is 32.0 Å². The molecule has 0 aliphatic carbocycles. The second kappa shape index (κ2) is 6.88. The summed E-state index contributed by atoms with van der Waals surface area (Å²) in [6.07, 6.45) is 0. The minimum atomic E-state index is -3.48. The van der Waals surface area contributed by atoms with Gasteiger partial charge < -0.3 is 5.32 Å². The highest BCUT2D eigenvalue weighted by Gasteiger charge is 2.20. The second-order valence-corrected chi connectivity index (χ2v) is 5.96. The number of para-hydroxylation sites is 1. The van der Waals surface area contributed by atoms with Crippen molar-refractivity contribution >= 4 is 15.9 Å². The van der Waals surface area contributed by atoms with Crippen molar-refractivity contribution < 1.29 is 8.42 Å². The van der Waals surface area contributed by atoms with E-state index in [0.717, 1.165) is 5.56 Å². The van der Waals surface area contributed by atoms with Gasteiger partial charge in [0.1, 0.15) is 0 Å². The summed E-state index contributed by atoms with van der Waals surface area (Å²) in [4.78, 5) is 0. The van der Waals surface area contributed by atoms with E-state index in [2.05, 4.69) is 10.0 Å². The molecule has 0 heterocycles. The maximum absolute atomic E-state index is 12.2. The summed E-state index contributed by atoms with van der Waals surface area (Å²) < 4.78 is 28.5. The van der Waals surface area contributed by atoms with E-state index in [-0.39, 0.29) is 6.04 Å². The van der Waals surface area contributed by atoms with Gasteiger partial charge in [0.05, 0.1) is 5.69 Å². The third-order valence-electron chi connectivity index (χ3n) is 3.14. The summed E-state index contributed by atoms with van der Waals surface area (Å²) in [6.45, 7) is 6.55. The largest absolute Gasteiger partial charge is 0.313 e. The minimum absolute atomic E-state index is 0.0793. The Balaban J connectivity index is 3.06. The van der Waals surface area contributed by atoms with Crippen LogP contribution in [0.2, 0.25) is 0 Å². The lowest BCUT2D eigenvalue weighted by Crippen LogP contribution is -2.36. The highest BCUT2D eigenvalue weighted by Crippen LogP contribution is 2.23. The van der Waals surface area contributed by atoms with Crippen LogP contribution in [0, 0.1) is 0 Å². The van der Waals surface area contributed by atoms with Crippen LogP contribution in [0.5, 0.6) is 0 Å². The molecule has 1 atom stereocenters. The summed E-state index contributed by atoms with van der Waals surface area (Å²) >= 11 is 0. The average Bonchev–Trinajstić information content (AvgIpc) is 2.39. The van der Waals surface area contributed by atoms with Crippen LogP contribution >= 0.6 is 0 Å². The van der Waals surface area contributed by atoms with Gasteiger partial charge in [-0.25, -0.2) is 0 Å². The lowest BCUT2D eigenvalue weighted by Gasteiger charge is -2.22. The van der Waals surface area contributed by atoms with Gasteiger partial charge in [0.15, 0.2) is 0 Å². The zero-order valence-electron chi connectivity index (χ0n) is 12.0. The molecule has 0 aromatic heterocycles. The monoisotopic (exact) mass is 285 g/mol. The molecule has 0 aliphatic heterocycles. The van der Waals surface area contributed by atoms with Crippen LogP contribution in [0.3, 0.4) is 0 Å². The molecule has 0 bridgehead atoms. The Kier molecular flexibility index (Phi) is 5.78. The van der Waals surface area contributed by atoms with Crippen molar-refractivity contribution in [1.82, 2.24) is 9.62 Å². The summed E-state index contributed by atoms with van der Waals surface area (Å²) in [6, 6.07) is 7.51. The molecule has 5 nitrogen and oxygen atoms in total. The first kappa shape index (κ1) is 15.9. The predicted molar refractivity (Wildman–Crippen MR) is 79.4 cm³/mol. The van der Waals surface area contributed by atoms with Crippen molar-refractivity contribution in [2.75, 3.05) is 24.9 Å². The number of nitrogens with one attached hydrogen (secondary N) is 2. The first-order valence-electron chi connectivity index (χ1n) is 6.50. The van der Waals surface area contributed by atoms with E-state index in [1.54, 1.807) is 6.07 Å². The van der Waals surface area contributed by atoms with E-state index >= 15 is 0 Å². The lowest BCUT2D eigenvalue weighted by molar-refractivity contribution is 0.449. The quantitative estimate of drug-likeness (QED) is 0.805. The van der Waals surface area contributed by atoms with Crippen LogP contribution in [0.25, 0.3) is 0 Å². The average molecular weight is 285 g/mol. The molecule has 0 radical (unpaired) electrons. The number of rotatable bonds is 7. The third-order valence-corrected chi connectivity index (χ3v) is 4.82. The summed E-state index contributed by atoms with van der Waals surface area (Å²) in [5, 5.41) is 3.12. The van der Waals surface area contributed by atoms with Gasteiger partial charge in [0, 0.05) is 19.1 Å². The summed E-state index contributed by atoms with van der Waals surface area (Å²) in [5.74, 6) is 0.